The first-order chi connectivity index (χ1) is 5.41. The van der Waals surface area contributed by atoms with E-state index in [4.69, 9.17) is 0 Å². The average Bonchev–Trinajstić information content (AvgIpc) is 1.43. The molecule has 0 saturated carbocycles. The third kappa shape index (κ3) is 10.3. The number of nitrogens with one attached hydrogen (secondary N) is 1. The van der Waals surface area contributed by atoms with Crippen molar-refractivity contribution in [2.24, 2.45) is 0 Å². The minimum atomic E-state index is -5.94. The molecule has 0 saturated heterocycles. The molecule has 0 aliphatic rings. The fraction of sp³-hybridized carbons (Fsp3) is 0. The Morgan fingerprint density at radius 1 is 1.00 bits per heavy atom. The van der Waals surface area contributed by atoms with Crippen LogP contribution in [0.1, 0.15) is 1.43 Å². The first kappa shape index (κ1) is 16.6. The van der Waals surface area contributed by atoms with Crippen LogP contribution in [0.2, 0.25) is 0 Å². The Kier molecular flexibility index (Phi) is 5.75. The predicted octanol–water partition coefficient (Wildman–Crippen LogP) is -4.62. The molecule has 0 atom stereocenters. The van der Waals surface area contributed by atoms with Crippen LogP contribution in [0, 0.1) is 0 Å². The second kappa shape index (κ2) is 4.83. The van der Waals surface area contributed by atoms with E-state index in [-0.39, 0.29) is 24.4 Å². The van der Waals surface area contributed by atoms with Crippen LogP contribution in [0.3, 0.4) is 0 Å². The van der Waals surface area contributed by atoms with Gasteiger partial charge in [0, 0.05) is 0 Å². The van der Waals surface area contributed by atoms with Crippen LogP contribution in [0.5, 0.6) is 0 Å². The topological polar surface area (TPSA) is 124 Å². The van der Waals surface area contributed by atoms with Gasteiger partial charge in [-0.1, -0.05) is 11.9 Å². The van der Waals surface area contributed by atoms with Crippen molar-refractivity contribution in [3.63, 3.8) is 0 Å². The number of rotatable bonds is 4. The molecule has 0 rings (SSSR count). The summed E-state index contributed by atoms with van der Waals surface area (Å²) < 4.78 is 84.0. The Hall–Kier alpha value is 0.227. The molecule has 8 nitrogen and oxygen atoms in total. The molecule has 1 N–H and O–H groups in total. The van der Waals surface area contributed by atoms with Crippen LogP contribution >= 0.6 is 0 Å². The summed E-state index contributed by atoms with van der Waals surface area (Å²) in [5.74, 6) is 0. The molecule has 14 heteroatoms. The third-order valence-electron chi connectivity index (χ3n) is 0.372. The summed E-state index contributed by atoms with van der Waals surface area (Å²) in [4.78, 5) is 0. The smallest absolute Gasteiger partial charge is 1.00 e. The van der Waals surface area contributed by atoms with Crippen LogP contribution in [-0.4, -0.2) is 25.3 Å². The first-order valence-corrected chi connectivity index (χ1v) is 6.15. The summed E-state index contributed by atoms with van der Waals surface area (Å²) in [7, 11) is -17.3. The quantitative estimate of drug-likeness (QED) is 0.402. The van der Waals surface area contributed by atoms with E-state index < -0.39 is 31.2 Å². The SMILES string of the molecule is O=S(=O)(F)NS(=O)(=O)OS(=O)(=O)F.[H-].[Li+]. The maximum absolute atomic E-state index is 11.5. The summed E-state index contributed by atoms with van der Waals surface area (Å²) in [5.41, 5.74) is 0. The fourth-order valence-electron chi connectivity index (χ4n) is 0.243. The predicted molar refractivity (Wildman–Crippen MR) is 34.3 cm³/mol. The van der Waals surface area contributed by atoms with E-state index in [0.717, 1.165) is 0 Å². The van der Waals surface area contributed by atoms with Crippen molar-refractivity contribution in [3.8, 4) is 0 Å². The largest absolute Gasteiger partial charge is 1.00 e. The zero-order valence-electron chi connectivity index (χ0n) is 7.34. The van der Waals surface area contributed by atoms with Crippen LogP contribution in [0.15, 0.2) is 0 Å². The minimum absolute atomic E-state index is 0. The van der Waals surface area contributed by atoms with Crippen LogP contribution in [0.25, 0.3) is 0 Å². The van der Waals surface area contributed by atoms with E-state index in [1.165, 1.54) is 0 Å². The van der Waals surface area contributed by atoms with Crippen molar-refractivity contribution in [1.29, 1.82) is 0 Å². The first-order valence-electron chi connectivity index (χ1n) is 2.05. The van der Waals surface area contributed by atoms with Gasteiger partial charge in [0.15, 0.2) is 0 Å². The Balaban J connectivity index is -0.000000720. The van der Waals surface area contributed by atoms with E-state index in [9.17, 15) is 33.0 Å². The maximum Gasteiger partial charge on any atom is 1.00 e. The van der Waals surface area contributed by atoms with Gasteiger partial charge in [0.25, 0.3) is 0 Å². The van der Waals surface area contributed by atoms with Crippen molar-refractivity contribution in [3.05, 3.63) is 0 Å². The van der Waals surface area contributed by atoms with E-state index in [0.29, 0.717) is 0 Å². The van der Waals surface area contributed by atoms with Crippen molar-refractivity contribution in [2.45, 2.75) is 0 Å². The molecule has 0 aliphatic carbocycles. The van der Waals surface area contributed by atoms with Gasteiger partial charge in [0.1, 0.15) is 0 Å². The summed E-state index contributed by atoms with van der Waals surface area (Å²) >= 11 is 0. The molecule has 0 fully saturated rings. The van der Waals surface area contributed by atoms with Crippen molar-refractivity contribution in [1.82, 2.24) is 4.13 Å². The maximum atomic E-state index is 11.5. The van der Waals surface area contributed by atoms with Crippen LogP contribution < -0.4 is 23.0 Å². The molecule has 0 aromatic heterocycles. The zero-order chi connectivity index (χ0) is 10.9. The van der Waals surface area contributed by atoms with Crippen molar-refractivity contribution >= 4 is 31.2 Å². The van der Waals surface area contributed by atoms with Crippen molar-refractivity contribution in [2.75, 3.05) is 0 Å². The third-order valence-corrected chi connectivity index (χ3v) is 3.35. The monoisotopic (exact) mass is 269 g/mol. The summed E-state index contributed by atoms with van der Waals surface area (Å²) in [6.07, 6.45) is 0. The molecular weight excluding hydrogens is 267 g/mol. The summed E-state index contributed by atoms with van der Waals surface area (Å²) in [5, 5.41) is 0. The van der Waals surface area contributed by atoms with Crippen LogP contribution in [0.4, 0.5) is 7.77 Å². The van der Waals surface area contributed by atoms with E-state index >= 15 is 0 Å². The minimum Gasteiger partial charge on any atom is -1.00 e. The molecule has 0 spiro atoms. The second-order valence-electron chi connectivity index (χ2n) is 1.44. The summed E-state index contributed by atoms with van der Waals surface area (Å²) in [6.45, 7) is 0. The Labute approximate surface area is 92.3 Å². The number of halogens is 2. The number of hydrogen-bond donors (Lipinski definition) is 1. The van der Waals surface area contributed by atoms with E-state index in [1.807, 2.05) is 0 Å². The van der Waals surface area contributed by atoms with Gasteiger partial charge in [-0.25, -0.2) is 0 Å². The van der Waals surface area contributed by atoms with Crippen LogP contribution in [-0.2, 0) is 34.8 Å². The normalized spacial score (nSPS) is 13.3. The molecule has 0 radical (unpaired) electrons. The second-order valence-corrected chi connectivity index (χ2v) is 5.22. The molecule has 0 unspecified atom stereocenters. The molecule has 14 heavy (non-hydrogen) atoms. The number of hydrogen-bond acceptors (Lipinski definition) is 7. The molecule has 0 aliphatic heterocycles. The van der Waals surface area contributed by atoms with Gasteiger partial charge < -0.3 is 1.43 Å². The van der Waals surface area contributed by atoms with Gasteiger partial charge in [-0.3, -0.25) is 0 Å². The van der Waals surface area contributed by atoms with Gasteiger partial charge in [0.2, 0.25) is 0 Å². The zero-order valence-corrected chi connectivity index (χ0v) is 8.79. The Bertz CT molecular complexity index is 436. The molecule has 0 heterocycles. The van der Waals surface area contributed by atoms with Gasteiger partial charge >= 0.3 is 50.1 Å². The average molecular weight is 269 g/mol. The molecule has 0 aromatic carbocycles. The molecular formula is H2F2LiNO7S3. The Morgan fingerprint density at radius 3 is 1.57 bits per heavy atom. The standard InChI is InChI=1S/F2HNO7S3.Li.H/c1-11(4,5)3-13(8,9)10-12(2,6)7;;/h3H;;/q;+1;-1. The molecule has 82 valence electrons. The van der Waals surface area contributed by atoms with E-state index in [2.05, 4.69) is 3.63 Å². The summed E-state index contributed by atoms with van der Waals surface area (Å²) in [6, 6.07) is 0. The fourth-order valence-corrected chi connectivity index (χ4v) is 2.44. The van der Waals surface area contributed by atoms with Crippen molar-refractivity contribution < 1.29 is 56.9 Å². The Morgan fingerprint density at radius 2 is 1.36 bits per heavy atom. The van der Waals surface area contributed by atoms with Gasteiger partial charge in [0.05, 0.1) is 0 Å². The molecule has 0 amide bonds. The van der Waals surface area contributed by atoms with E-state index in [1.54, 1.807) is 0 Å². The van der Waals surface area contributed by atoms with Gasteiger partial charge in [-0.2, -0.15) is 25.3 Å². The van der Waals surface area contributed by atoms with Gasteiger partial charge in [-0.05, 0) is 0 Å². The molecule has 0 bridgehead atoms. The molecule has 0 aromatic rings. The van der Waals surface area contributed by atoms with Gasteiger partial charge in [-0.15, -0.1) is 3.63 Å².